The van der Waals surface area contributed by atoms with Gasteiger partial charge in [0, 0.05) is 10.9 Å². The Morgan fingerprint density at radius 1 is 0.682 bits per heavy atom. The molecule has 0 bridgehead atoms. The van der Waals surface area contributed by atoms with Gasteiger partial charge in [0.2, 0.25) is 0 Å². The average Bonchev–Trinajstić information content (AvgIpc) is 2.99. The van der Waals surface area contributed by atoms with Crippen LogP contribution in [0.1, 0.15) is 0 Å². The maximum atomic E-state index is 10.7. The summed E-state index contributed by atoms with van der Waals surface area (Å²) < 4.78 is 5.87. The highest BCUT2D eigenvalue weighted by Crippen LogP contribution is 2.39. The average molecular weight is 286 g/mol. The first kappa shape index (κ1) is 12.7. The van der Waals surface area contributed by atoms with Crippen molar-refractivity contribution >= 4 is 11.0 Å². The molecule has 22 heavy (non-hydrogen) atoms. The Bertz CT molecular complexity index is 903. The minimum atomic E-state index is 0.243. The Kier molecular flexibility index (Phi) is 2.94. The van der Waals surface area contributed by atoms with E-state index in [0.29, 0.717) is 11.3 Å². The van der Waals surface area contributed by atoms with E-state index < -0.39 is 0 Å². The molecule has 4 aromatic rings. The van der Waals surface area contributed by atoms with Gasteiger partial charge in [0.1, 0.15) is 17.1 Å². The third-order valence-electron chi connectivity index (χ3n) is 3.81. The molecule has 106 valence electrons. The maximum absolute atomic E-state index is 10.7. The van der Waals surface area contributed by atoms with E-state index in [2.05, 4.69) is 0 Å². The van der Waals surface area contributed by atoms with Gasteiger partial charge in [-0.3, -0.25) is 0 Å². The first-order valence-electron chi connectivity index (χ1n) is 7.19. The number of rotatable bonds is 2. The van der Waals surface area contributed by atoms with E-state index in [4.69, 9.17) is 4.42 Å². The second-order valence-corrected chi connectivity index (χ2v) is 5.22. The van der Waals surface area contributed by atoms with Gasteiger partial charge in [-0.1, -0.05) is 60.7 Å². The first-order chi connectivity index (χ1) is 10.8. The lowest BCUT2D eigenvalue weighted by Crippen LogP contribution is -1.82. The molecule has 0 aliphatic heterocycles. The van der Waals surface area contributed by atoms with E-state index in [1.165, 1.54) is 0 Å². The maximum Gasteiger partial charge on any atom is 0.139 e. The fourth-order valence-electron chi connectivity index (χ4n) is 2.71. The summed E-state index contributed by atoms with van der Waals surface area (Å²) in [5, 5.41) is 11.7. The minimum Gasteiger partial charge on any atom is -0.507 e. The van der Waals surface area contributed by atoms with Crippen molar-refractivity contribution in [3.8, 4) is 28.2 Å². The quantitative estimate of drug-likeness (QED) is 0.530. The van der Waals surface area contributed by atoms with Gasteiger partial charge < -0.3 is 9.52 Å². The third kappa shape index (κ3) is 2.06. The van der Waals surface area contributed by atoms with Crippen molar-refractivity contribution in [3.05, 3.63) is 78.9 Å². The molecule has 4 rings (SSSR count). The number of phenols is 1. The fraction of sp³-hybridized carbons (Fsp3) is 0. The number of phenolic OH excluding ortho intramolecular Hbond substituents is 1. The smallest absolute Gasteiger partial charge is 0.139 e. The molecule has 2 nitrogen and oxygen atoms in total. The lowest BCUT2D eigenvalue weighted by atomic mass is 10.0. The summed E-state index contributed by atoms with van der Waals surface area (Å²) in [7, 11) is 0. The predicted octanol–water partition coefficient (Wildman–Crippen LogP) is 5.47. The number of hydrogen-bond donors (Lipinski definition) is 1. The van der Waals surface area contributed by atoms with Gasteiger partial charge in [0.15, 0.2) is 0 Å². The van der Waals surface area contributed by atoms with Crippen LogP contribution in [0.5, 0.6) is 5.75 Å². The molecule has 1 N–H and O–H groups in total. The SMILES string of the molecule is Oc1c(-c2ccccc2)cccc1-c1cc2ccccc2o1. The molecule has 0 saturated carbocycles. The van der Waals surface area contributed by atoms with E-state index in [-0.39, 0.29) is 5.75 Å². The molecule has 0 saturated heterocycles. The summed E-state index contributed by atoms with van der Waals surface area (Å²) in [6.07, 6.45) is 0. The van der Waals surface area contributed by atoms with Crippen LogP contribution < -0.4 is 0 Å². The summed E-state index contributed by atoms with van der Waals surface area (Å²) in [4.78, 5) is 0. The van der Waals surface area contributed by atoms with E-state index >= 15 is 0 Å². The van der Waals surface area contributed by atoms with Crippen LogP contribution in [0.3, 0.4) is 0 Å². The summed E-state index contributed by atoms with van der Waals surface area (Å²) >= 11 is 0. The number of benzene rings is 3. The van der Waals surface area contributed by atoms with Crippen LogP contribution >= 0.6 is 0 Å². The third-order valence-corrected chi connectivity index (χ3v) is 3.81. The molecule has 0 radical (unpaired) electrons. The van der Waals surface area contributed by atoms with Crippen LogP contribution in [0, 0.1) is 0 Å². The van der Waals surface area contributed by atoms with Crippen LogP contribution in [-0.2, 0) is 0 Å². The zero-order valence-electron chi connectivity index (χ0n) is 11.9. The molecule has 0 amide bonds. The van der Waals surface area contributed by atoms with E-state index in [1.807, 2.05) is 78.9 Å². The number of furan rings is 1. The van der Waals surface area contributed by atoms with Gasteiger partial charge in [-0.05, 0) is 23.8 Å². The number of aromatic hydroxyl groups is 1. The lowest BCUT2D eigenvalue weighted by Gasteiger charge is -2.08. The van der Waals surface area contributed by atoms with Gasteiger partial charge in [-0.2, -0.15) is 0 Å². The second-order valence-electron chi connectivity index (χ2n) is 5.22. The molecule has 0 unspecified atom stereocenters. The molecule has 1 heterocycles. The van der Waals surface area contributed by atoms with Gasteiger partial charge in [-0.15, -0.1) is 0 Å². The van der Waals surface area contributed by atoms with Crippen molar-refractivity contribution in [2.24, 2.45) is 0 Å². The molecule has 2 heteroatoms. The van der Waals surface area contributed by atoms with Crippen molar-refractivity contribution in [2.45, 2.75) is 0 Å². The largest absolute Gasteiger partial charge is 0.507 e. The molecular weight excluding hydrogens is 272 g/mol. The van der Waals surface area contributed by atoms with Crippen LogP contribution in [0.4, 0.5) is 0 Å². The molecule has 0 aliphatic rings. The van der Waals surface area contributed by atoms with E-state index in [9.17, 15) is 5.11 Å². The number of fused-ring (bicyclic) bond motifs is 1. The first-order valence-corrected chi connectivity index (χ1v) is 7.19. The van der Waals surface area contributed by atoms with Crippen LogP contribution in [0.2, 0.25) is 0 Å². The Morgan fingerprint density at radius 2 is 1.41 bits per heavy atom. The van der Waals surface area contributed by atoms with Crippen molar-refractivity contribution in [1.82, 2.24) is 0 Å². The topological polar surface area (TPSA) is 33.4 Å². The van der Waals surface area contributed by atoms with Gasteiger partial charge in [0.05, 0.1) is 5.56 Å². The van der Waals surface area contributed by atoms with E-state index in [0.717, 1.165) is 22.1 Å². The van der Waals surface area contributed by atoms with Crippen molar-refractivity contribution in [3.63, 3.8) is 0 Å². The van der Waals surface area contributed by atoms with Crippen molar-refractivity contribution in [1.29, 1.82) is 0 Å². The highest BCUT2D eigenvalue weighted by molar-refractivity contribution is 5.86. The highest BCUT2D eigenvalue weighted by atomic mass is 16.3. The van der Waals surface area contributed by atoms with Gasteiger partial charge >= 0.3 is 0 Å². The summed E-state index contributed by atoms with van der Waals surface area (Å²) in [5.74, 6) is 0.921. The normalized spacial score (nSPS) is 10.9. The summed E-state index contributed by atoms with van der Waals surface area (Å²) in [6, 6.07) is 25.4. The highest BCUT2D eigenvalue weighted by Gasteiger charge is 2.14. The molecule has 0 fully saturated rings. The Balaban J connectivity index is 1.89. The van der Waals surface area contributed by atoms with E-state index in [1.54, 1.807) is 0 Å². The van der Waals surface area contributed by atoms with Crippen molar-refractivity contribution < 1.29 is 9.52 Å². The molecule has 0 spiro atoms. The monoisotopic (exact) mass is 286 g/mol. The zero-order valence-corrected chi connectivity index (χ0v) is 11.9. The predicted molar refractivity (Wildman–Crippen MR) is 88.8 cm³/mol. The van der Waals surface area contributed by atoms with Gasteiger partial charge in [-0.25, -0.2) is 0 Å². The van der Waals surface area contributed by atoms with Crippen LogP contribution in [0.15, 0.2) is 83.3 Å². The van der Waals surface area contributed by atoms with Crippen LogP contribution in [0.25, 0.3) is 33.4 Å². The molecule has 1 aromatic heterocycles. The minimum absolute atomic E-state index is 0.243. The molecule has 0 atom stereocenters. The molecular formula is C20H14O2. The lowest BCUT2D eigenvalue weighted by molar-refractivity contribution is 0.476. The van der Waals surface area contributed by atoms with Gasteiger partial charge in [0.25, 0.3) is 0 Å². The number of para-hydroxylation sites is 2. The fourth-order valence-corrected chi connectivity index (χ4v) is 2.71. The summed E-state index contributed by atoms with van der Waals surface area (Å²) in [5.41, 5.74) is 3.32. The molecule has 3 aromatic carbocycles. The Labute approximate surface area is 128 Å². The molecule has 0 aliphatic carbocycles. The Hall–Kier alpha value is -3.00. The summed E-state index contributed by atoms with van der Waals surface area (Å²) in [6.45, 7) is 0. The van der Waals surface area contributed by atoms with Crippen molar-refractivity contribution in [2.75, 3.05) is 0 Å². The standard InChI is InChI=1S/C20H14O2/c21-20-16(14-7-2-1-3-8-14)10-6-11-17(20)19-13-15-9-4-5-12-18(15)22-19/h1-13,21H. The van der Waals surface area contributed by atoms with Crippen LogP contribution in [-0.4, -0.2) is 5.11 Å². The Morgan fingerprint density at radius 3 is 2.23 bits per heavy atom. The number of hydrogen-bond acceptors (Lipinski definition) is 2. The second kappa shape index (κ2) is 5.08. The zero-order chi connectivity index (χ0) is 14.9.